The molecule has 2 aromatic rings. The van der Waals surface area contributed by atoms with E-state index < -0.39 is 0 Å². The molecule has 3 heteroatoms. The van der Waals surface area contributed by atoms with Crippen molar-refractivity contribution in [3.8, 4) is 0 Å². The minimum Gasteiger partial charge on any atom is -0.294 e. The molecule has 1 aliphatic rings. The molecule has 3 nitrogen and oxygen atoms in total. The highest BCUT2D eigenvalue weighted by atomic mass is 15.2. The van der Waals surface area contributed by atoms with Crippen molar-refractivity contribution in [3.05, 3.63) is 53.3 Å². The van der Waals surface area contributed by atoms with Gasteiger partial charge >= 0.3 is 0 Å². The second-order valence-corrected chi connectivity index (χ2v) is 6.48. The summed E-state index contributed by atoms with van der Waals surface area (Å²) in [4.78, 5) is 2.63. The molecule has 1 fully saturated rings. The molecule has 2 atom stereocenters. The molecule has 2 heterocycles. The van der Waals surface area contributed by atoms with Crippen molar-refractivity contribution < 1.29 is 0 Å². The van der Waals surface area contributed by atoms with E-state index in [1.54, 1.807) is 0 Å². The van der Waals surface area contributed by atoms with E-state index in [4.69, 9.17) is 0 Å². The predicted octanol–water partition coefficient (Wildman–Crippen LogP) is 3.56. The number of aromatic amines is 1. The summed E-state index contributed by atoms with van der Waals surface area (Å²) in [5.41, 5.74) is 4.13. The number of hydrogen-bond acceptors (Lipinski definition) is 2. The van der Waals surface area contributed by atoms with Gasteiger partial charge in [0.2, 0.25) is 0 Å². The van der Waals surface area contributed by atoms with Gasteiger partial charge in [-0.15, -0.1) is 0 Å². The van der Waals surface area contributed by atoms with Crippen molar-refractivity contribution in [2.24, 2.45) is 5.92 Å². The summed E-state index contributed by atoms with van der Waals surface area (Å²) < 4.78 is 0. The summed E-state index contributed by atoms with van der Waals surface area (Å²) in [7, 11) is 0. The lowest BCUT2D eigenvalue weighted by Gasteiger charge is -2.38. The van der Waals surface area contributed by atoms with E-state index in [1.165, 1.54) is 36.2 Å². The van der Waals surface area contributed by atoms with Gasteiger partial charge in [-0.1, -0.05) is 31.2 Å². The third-order valence-electron chi connectivity index (χ3n) is 4.70. The van der Waals surface area contributed by atoms with Crippen LogP contribution in [0.15, 0.2) is 36.5 Å². The van der Waals surface area contributed by atoms with Crippen LogP contribution in [0.25, 0.3) is 0 Å². The monoisotopic (exact) mass is 283 g/mol. The van der Waals surface area contributed by atoms with Gasteiger partial charge in [0.15, 0.2) is 0 Å². The fraction of sp³-hybridized carbons (Fsp3) is 0.500. The van der Waals surface area contributed by atoms with Gasteiger partial charge in [0.05, 0.1) is 0 Å². The maximum atomic E-state index is 4.08. The van der Waals surface area contributed by atoms with Crippen LogP contribution in [0.2, 0.25) is 0 Å². The zero-order valence-corrected chi connectivity index (χ0v) is 13.0. The van der Waals surface area contributed by atoms with Gasteiger partial charge in [-0.2, -0.15) is 5.10 Å². The topological polar surface area (TPSA) is 31.9 Å². The molecular formula is C18H25N3. The average Bonchev–Trinajstić information content (AvgIpc) is 2.97. The largest absolute Gasteiger partial charge is 0.294 e. The summed E-state index contributed by atoms with van der Waals surface area (Å²) in [6, 6.07) is 11.5. The Labute approximate surface area is 127 Å². The Hall–Kier alpha value is -1.61. The Morgan fingerprint density at radius 2 is 2.10 bits per heavy atom. The zero-order valence-electron chi connectivity index (χ0n) is 13.0. The Bertz CT molecular complexity index is 562. The first kappa shape index (κ1) is 14.3. The molecule has 112 valence electrons. The third-order valence-corrected chi connectivity index (χ3v) is 4.70. The van der Waals surface area contributed by atoms with Crippen LogP contribution in [0.5, 0.6) is 0 Å². The molecule has 21 heavy (non-hydrogen) atoms. The number of aromatic nitrogens is 2. The van der Waals surface area contributed by atoms with Crippen molar-refractivity contribution >= 4 is 0 Å². The third kappa shape index (κ3) is 3.53. The van der Waals surface area contributed by atoms with Crippen LogP contribution in [0.4, 0.5) is 0 Å². The van der Waals surface area contributed by atoms with E-state index in [0.29, 0.717) is 6.04 Å². The summed E-state index contributed by atoms with van der Waals surface area (Å²) >= 11 is 0. The standard InChI is InChI=1S/C18H25N3/c1-14-7-8-18(11-16-6-4-3-5-15(16)2)21(12-14)13-17-9-10-19-20-17/h3-6,9-10,14,18H,7-8,11-13H2,1-2H3,(H,19,20). The molecule has 1 saturated heterocycles. The molecule has 0 aliphatic carbocycles. The fourth-order valence-electron chi connectivity index (χ4n) is 3.41. The maximum absolute atomic E-state index is 4.08. The van der Waals surface area contributed by atoms with Gasteiger partial charge in [0.1, 0.15) is 0 Å². The van der Waals surface area contributed by atoms with Crippen LogP contribution in [0.1, 0.15) is 36.6 Å². The number of piperidine rings is 1. The lowest BCUT2D eigenvalue weighted by atomic mass is 9.89. The minimum absolute atomic E-state index is 0.644. The first-order valence-corrected chi connectivity index (χ1v) is 7.99. The van der Waals surface area contributed by atoms with E-state index >= 15 is 0 Å². The van der Waals surface area contributed by atoms with E-state index in [2.05, 4.69) is 59.3 Å². The van der Waals surface area contributed by atoms with Crippen LogP contribution in [-0.4, -0.2) is 27.7 Å². The summed E-state index contributed by atoms with van der Waals surface area (Å²) in [6.45, 7) is 6.76. The van der Waals surface area contributed by atoms with Gasteiger partial charge in [0.25, 0.3) is 0 Å². The number of H-pyrrole nitrogens is 1. The molecule has 2 unspecified atom stereocenters. The van der Waals surface area contributed by atoms with Crippen LogP contribution in [0, 0.1) is 12.8 Å². The fourth-order valence-corrected chi connectivity index (χ4v) is 3.41. The van der Waals surface area contributed by atoms with Gasteiger partial charge < -0.3 is 0 Å². The SMILES string of the molecule is Cc1ccccc1CC1CCC(C)CN1Cc1ccn[nH]1. The number of benzene rings is 1. The molecule has 0 amide bonds. The summed E-state index contributed by atoms with van der Waals surface area (Å²) in [5, 5.41) is 7.18. The second kappa shape index (κ2) is 6.44. The highest BCUT2D eigenvalue weighted by Crippen LogP contribution is 2.26. The molecule has 0 saturated carbocycles. The number of rotatable bonds is 4. The van der Waals surface area contributed by atoms with Crippen LogP contribution >= 0.6 is 0 Å². The van der Waals surface area contributed by atoms with Gasteiger partial charge in [-0.05, 0) is 49.3 Å². The Kier molecular flexibility index (Phi) is 4.39. The summed E-state index contributed by atoms with van der Waals surface area (Å²) in [5.74, 6) is 0.793. The Balaban J connectivity index is 1.73. The van der Waals surface area contributed by atoms with Crippen molar-refractivity contribution in [1.29, 1.82) is 0 Å². The van der Waals surface area contributed by atoms with Gasteiger partial charge in [0, 0.05) is 31.0 Å². The molecule has 0 radical (unpaired) electrons. The summed E-state index contributed by atoms with van der Waals surface area (Å²) in [6.07, 6.45) is 5.65. The lowest BCUT2D eigenvalue weighted by Crippen LogP contribution is -2.43. The maximum Gasteiger partial charge on any atom is 0.0492 e. The average molecular weight is 283 g/mol. The number of nitrogens with one attached hydrogen (secondary N) is 1. The van der Waals surface area contributed by atoms with E-state index in [1.807, 2.05) is 6.20 Å². The molecule has 0 bridgehead atoms. The first-order valence-electron chi connectivity index (χ1n) is 7.99. The Morgan fingerprint density at radius 1 is 1.24 bits per heavy atom. The van der Waals surface area contributed by atoms with E-state index in [0.717, 1.165) is 18.9 Å². The predicted molar refractivity (Wildman–Crippen MR) is 86.1 cm³/mol. The first-order chi connectivity index (χ1) is 10.2. The molecule has 1 aliphatic heterocycles. The molecule has 1 aromatic carbocycles. The molecule has 1 N–H and O–H groups in total. The molecule has 3 rings (SSSR count). The highest BCUT2D eigenvalue weighted by Gasteiger charge is 2.26. The number of aryl methyl sites for hydroxylation is 1. The van der Waals surface area contributed by atoms with Gasteiger partial charge in [-0.3, -0.25) is 10.00 Å². The normalized spacial score (nSPS) is 23.3. The van der Waals surface area contributed by atoms with Crippen molar-refractivity contribution in [2.45, 2.75) is 45.7 Å². The second-order valence-electron chi connectivity index (χ2n) is 6.48. The molecule has 0 spiro atoms. The Morgan fingerprint density at radius 3 is 2.86 bits per heavy atom. The van der Waals surface area contributed by atoms with Crippen LogP contribution in [-0.2, 0) is 13.0 Å². The molecular weight excluding hydrogens is 258 g/mol. The van der Waals surface area contributed by atoms with Crippen LogP contribution < -0.4 is 0 Å². The van der Waals surface area contributed by atoms with E-state index in [-0.39, 0.29) is 0 Å². The van der Waals surface area contributed by atoms with Crippen molar-refractivity contribution in [1.82, 2.24) is 15.1 Å². The lowest BCUT2D eigenvalue weighted by molar-refractivity contribution is 0.104. The highest BCUT2D eigenvalue weighted by molar-refractivity contribution is 5.26. The zero-order chi connectivity index (χ0) is 14.7. The quantitative estimate of drug-likeness (QED) is 0.930. The van der Waals surface area contributed by atoms with Gasteiger partial charge in [-0.25, -0.2) is 0 Å². The number of nitrogens with zero attached hydrogens (tertiary/aromatic N) is 2. The van der Waals surface area contributed by atoms with E-state index in [9.17, 15) is 0 Å². The number of hydrogen-bond donors (Lipinski definition) is 1. The van der Waals surface area contributed by atoms with Crippen molar-refractivity contribution in [2.75, 3.05) is 6.54 Å². The van der Waals surface area contributed by atoms with Crippen molar-refractivity contribution in [3.63, 3.8) is 0 Å². The smallest absolute Gasteiger partial charge is 0.0492 e. The minimum atomic E-state index is 0.644. The number of likely N-dealkylation sites (tertiary alicyclic amines) is 1. The van der Waals surface area contributed by atoms with Crippen LogP contribution in [0.3, 0.4) is 0 Å². The molecule has 1 aromatic heterocycles.